The van der Waals surface area contributed by atoms with Crippen LogP contribution in [-0.2, 0) is 6.54 Å². The maximum absolute atomic E-state index is 13.5. The third-order valence-electron chi connectivity index (χ3n) is 5.63. The SMILES string of the molecule is Cc1ccc2nc(N3CCC[C@H](O)C3)c(CN3CCC(F)CC3)cc2c1. The molecule has 0 radical (unpaired) electrons. The van der Waals surface area contributed by atoms with Gasteiger partial charge in [-0.3, -0.25) is 4.90 Å². The molecule has 5 heteroatoms. The summed E-state index contributed by atoms with van der Waals surface area (Å²) in [6.07, 6.45) is 2.16. The maximum Gasteiger partial charge on any atom is 0.133 e. The van der Waals surface area contributed by atoms with Gasteiger partial charge in [-0.1, -0.05) is 11.6 Å². The minimum absolute atomic E-state index is 0.283. The first kappa shape index (κ1) is 17.7. The molecule has 0 saturated carbocycles. The average Bonchev–Trinajstić information content (AvgIpc) is 2.63. The van der Waals surface area contributed by atoms with Crippen molar-refractivity contribution >= 4 is 16.7 Å². The zero-order valence-electron chi connectivity index (χ0n) is 15.5. The second kappa shape index (κ2) is 7.49. The molecule has 4 nitrogen and oxygen atoms in total. The molecule has 4 rings (SSSR count). The normalized spacial score (nSPS) is 22.9. The number of β-amino-alcohol motifs (C(OH)–C–C–N with tert-alkyl or cyclic N) is 1. The Balaban J connectivity index is 1.68. The molecule has 1 atom stereocenters. The van der Waals surface area contributed by atoms with Crippen molar-refractivity contribution < 1.29 is 9.50 Å². The van der Waals surface area contributed by atoms with Crippen LogP contribution in [0.15, 0.2) is 24.3 Å². The molecule has 2 fully saturated rings. The van der Waals surface area contributed by atoms with E-state index in [1.807, 2.05) is 0 Å². The van der Waals surface area contributed by atoms with E-state index in [-0.39, 0.29) is 6.10 Å². The Hall–Kier alpha value is -1.72. The number of fused-ring (bicyclic) bond motifs is 1. The minimum atomic E-state index is -0.652. The van der Waals surface area contributed by atoms with Crippen LogP contribution in [-0.4, -0.2) is 53.4 Å². The van der Waals surface area contributed by atoms with Gasteiger partial charge in [0, 0.05) is 43.7 Å². The summed E-state index contributed by atoms with van der Waals surface area (Å²) in [5.74, 6) is 0.988. The highest BCUT2D eigenvalue weighted by molar-refractivity contribution is 5.82. The van der Waals surface area contributed by atoms with Crippen molar-refractivity contribution in [2.24, 2.45) is 0 Å². The molecule has 1 N–H and O–H groups in total. The zero-order valence-corrected chi connectivity index (χ0v) is 15.5. The van der Waals surface area contributed by atoms with E-state index in [0.717, 1.165) is 55.7 Å². The summed E-state index contributed by atoms with van der Waals surface area (Å²) in [4.78, 5) is 9.53. The summed E-state index contributed by atoms with van der Waals surface area (Å²) in [5.41, 5.74) is 3.41. The second-order valence-corrected chi connectivity index (χ2v) is 7.86. The number of benzene rings is 1. The number of rotatable bonds is 3. The lowest BCUT2D eigenvalue weighted by Crippen LogP contribution is -2.40. The lowest BCUT2D eigenvalue weighted by atomic mass is 10.0. The minimum Gasteiger partial charge on any atom is -0.391 e. The van der Waals surface area contributed by atoms with Crippen LogP contribution in [0.5, 0.6) is 0 Å². The fourth-order valence-corrected chi connectivity index (χ4v) is 4.17. The Labute approximate surface area is 154 Å². The van der Waals surface area contributed by atoms with Crippen LogP contribution in [0.1, 0.15) is 36.8 Å². The van der Waals surface area contributed by atoms with Crippen molar-refractivity contribution in [1.29, 1.82) is 0 Å². The molecular weight excluding hydrogens is 329 g/mol. The smallest absolute Gasteiger partial charge is 0.133 e. The number of pyridine rings is 1. The molecule has 2 aromatic rings. The Morgan fingerprint density at radius 2 is 1.96 bits per heavy atom. The molecule has 3 heterocycles. The third-order valence-corrected chi connectivity index (χ3v) is 5.63. The van der Waals surface area contributed by atoms with Crippen molar-refractivity contribution in [2.45, 2.75) is 51.4 Å². The van der Waals surface area contributed by atoms with E-state index in [1.165, 1.54) is 11.1 Å². The van der Waals surface area contributed by atoms with Gasteiger partial charge in [0.2, 0.25) is 0 Å². The number of aryl methyl sites for hydroxylation is 1. The summed E-state index contributed by atoms with van der Waals surface area (Å²) >= 11 is 0. The van der Waals surface area contributed by atoms with Gasteiger partial charge in [0.25, 0.3) is 0 Å². The molecule has 1 aromatic heterocycles. The second-order valence-electron chi connectivity index (χ2n) is 7.86. The van der Waals surface area contributed by atoms with Crippen molar-refractivity contribution in [3.05, 3.63) is 35.4 Å². The summed E-state index contributed by atoms with van der Waals surface area (Å²) in [6, 6.07) is 8.59. The van der Waals surface area contributed by atoms with Crippen molar-refractivity contribution in [1.82, 2.24) is 9.88 Å². The topological polar surface area (TPSA) is 39.6 Å². The van der Waals surface area contributed by atoms with Crippen LogP contribution in [0.25, 0.3) is 10.9 Å². The maximum atomic E-state index is 13.5. The molecule has 1 aromatic carbocycles. The molecule has 0 unspecified atom stereocenters. The molecule has 0 aliphatic carbocycles. The highest BCUT2D eigenvalue weighted by atomic mass is 19.1. The number of likely N-dealkylation sites (tertiary alicyclic amines) is 1. The van der Waals surface area contributed by atoms with Gasteiger partial charge in [-0.25, -0.2) is 9.37 Å². The van der Waals surface area contributed by atoms with E-state index in [0.29, 0.717) is 19.4 Å². The number of anilines is 1. The van der Waals surface area contributed by atoms with E-state index in [4.69, 9.17) is 4.98 Å². The highest BCUT2D eigenvalue weighted by Gasteiger charge is 2.24. The van der Waals surface area contributed by atoms with Crippen molar-refractivity contribution in [3.8, 4) is 0 Å². The van der Waals surface area contributed by atoms with Gasteiger partial charge in [0.15, 0.2) is 0 Å². The van der Waals surface area contributed by atoms with Gasteiger partial charge >= 0.3 is 0 Å². The first-order valence-electron chi connectivity index (χ1n) is 9.78. The number of aliphatic hydroxyl groups is 1. The van der Waals surface area contributed by atoms with Gasteiger partial charge in [0.05, 0.1) is 11.6 Å². The Morgan fingerprint density at radius 3 is 2.73 bits per heavy atom. The van der Waals surface area contributed by atoms with Crippen molar-refractivity contribution in [2.75, 3.05) is 31.1 Å². The highest BCUT2D eigenvalue weighted by Crippen LogP contribution is 2.29. The summed E-state index contributed by atoms with van der Waals surface area (Å²) < 4.78 is 13.5. The van der Waals surface area contributed by atoms with Crippen LogP contribution in [0.3, 0.4) is 0 Å². The van der Waals surface area contributed by atoms with E-state index in [9.17, 15) is 9.50 Å². The molecular formula is C21H28FN3O. The van der Waals surface area contributed by atoms with Gasteiger partial charge < -0.3 is 10.0 Å². The number of halogens is 1. The monoisotopic (exact) mass is 357 g/mol. The van der Waals surface area contributed by atoms with Gasteiger partial charge in [0.1, 0.15) is 12.0 Å². The van der Waals surface area contributed by atoms with E-state index in [1.54, 1.807) is 0 Å². The van der Waals surface area contributed by atoms with Crippen LogP contribution in [0, 0.1) is 6.92 Å². The number of hydrogen-bond acceptors (Lipinski definition) is 4. The van der Waals surface area contributed by atoms with Crippen LogP contribution in [0.2, 0.25) is 0 Å². The number of hydrogen-bond donors (Lipinski definition) is 1. The molecule has 2 aliphatic heterocycles. The first-order chi connectivity index (χ1) is 12.6. The molecule has 26 heavy (non-hydrogen) atoms. The number of alkyl halides is 1. The predicted molar refractivity (Wildman–Crippen MR) is 103 cm³/mol. The average molecular weight is 357 g/mol. The predicted octanol–water partition coefficient (Wildman–Crippen LogP) is 3.44. The fourth-order valence-electron chi connectivity index (χ4n) is 4.17. The fraction of sp³-hybridized carbons (Fsp3) is 0.571. The molecule has 0 spiro atoms. The molecule has 0 amide bonds. The van der Waals surface area contributed by atoms with Gasteiger partial charge in [-0.15, -0.1) is 0 Å². The summed E-state index contributed by atoms with van der Waals surface area (Å²) in [5, 5.41) is 11.3. The Morgan fingerprint density at radius 1 is 1.15 bits per heavy atom. The molecule has 2 saturated heterocycles. The Kier molecular flexibility index (Phi) is 5.09. The van der Waals surface area contributed by atoms with Crippen molar-refractivity contribution in [3.63, 3.8) is 0 Å². The lowest BCUT2D eigenvalue weighted by molar-refractivity contribution is 0.144. The lowest BCUT2D eigenvalue weighted by Gasteiger charge is -2.34. The van der Waals surface area contributed by atoms with Crippen LogP contribution in [0.4, 0.5) is 10.2 Å². The largest absolute Gasteiger partial charge is 0.391 e. The van der Waals surface area contributed by atoms with E-state index in [2.05, 4.69) is 41.0 Å². The van der Waals surface area contributed by atoms with Crippen LogP contribution < -0.4 is 4.90 Å². The number of aromatic nitrogens is 1. The van der Waals surface area contributed by atoms with Crippen LogP contribution >= 0.6 is 0 Å². The van der Waals surface area contributed by atoms with E-state index < -0.39 is 6.17 Å². The number of piperidine rings is 2. The zero-order chi connectivity index (χ0) is 18.1. The quantitative estimate of drug-likeness (QED) is 0.913. The van der Waals surface area contributed by atoms with E-state index >= 15 is 0 Å². The summed E-state index contributed by atoms with van der Waals surface area (Å²) in [6.45, 7) is 6.07. The third kappa shape index (κ3) is 3.84. The molecule has 0 bridgehead atoms. The molecule has 140 valence electrons. The van der Waals surface area contributed by atoms with Gasteiger partial charge in [-0.2, -0.15) is 0 Å². The first-order valence-corrected chi connectivity index (χ1v) is 9.78. The summed E-state index contributed by atoms with van der Waals surface area (Å²) in [7, 11) is 0. The number of aliphatic hydroxyl groups excluding tert-OH is 1. The van der Waals surface area contributed by atoms with Gasteiger partial charge in [-0.05, 0) is 50.8 Å². The molecule has 2 aliphatic rings. The Bertz CT molecular complexity index is 773. The standard InChI is InChI=1S/C21H28FN3O/c1-15-4-5-20-16(11-15)12-17(13-24-9-6-18(22)7-10-24)21(23-20)25-8-2-3-19(26)14-25/h4-5,11-12,18-19,26H,2-3,6-10,13-14H2,1H3/t19-/m0/s1. The number of nitrogens with zero attached hydrogens (tertiary/aromatic N) is 3.